The van der Waals surface area contributed by atoms with Crippen molar-refractivity contribution >= 4 is 11.9 Å². The molecule has 2 unspecified atom stereocenters. The van der Waals surface area contributed by atoms with Crippen LogP contribution in [0.3, 0.4) is 0 Å². The third-order valence-corrected chi connectivity index (χ3v) is 3.26. The van der Waals surface area contributed by atoms with E-state index in [0.29, 0.717) is 31.0 Å². The quantitative estimate of drug-likeness (QED) is 0.159. The van der Waals surface area contributed by atoms with E-state index in [1.165, 1.54) is 6.61 Å². The molecule has 0 N–H and O–H groups in total. The third-order valence-electron chi connectivity index (χ3n) is 3.26. The van der Waals surface area contributed by atoms with Crippen LogP contribution < -0.4 is 0 Å². The van der Waals surface area contributed by atoms with E-state index in [9.17, 15) is 9.59 Å². The Kier molecular flexibility index (Phi) is 15.0. The van der Waals surface area contributed by atoms with Gasteiger partial charge < -0.3 is 23.7 Å². The molecule has 0 spiro atoms. The summed E-state index contributed by atoms with van der Waals surface area (Å²) < 4.78 is 31.9. The van der Waals surface area contributed by atoms with Crippen molar-refractivity contribution in [3.05, 3.63) is 30.9 Å². The maximum absolute atomic E-state index is 11.4. The van der Waals surface area contributed by atoms with Gasteiger partial charge in [-0.05, 0) is 27.7 Å². The zero-order chi connectivity index (χ0) is 21.4. The van der Waals surface area contributed by atoms with Gasteiger partial charge in [0.25, 0.3) is 12.7 Å². The first kappa shape index (κ1) is 26.1. The number of carbonyl (C=O) groups excluding carboxylic acids is 2. The van der Waals surface area contributed by atoms with Crippen LogP contribution in [0.1, 0.15) is 27.7 Å². The molecular formula is C20H33O8+. The van der Waals surface area contributed by atoms with E-state index in [1.54, 1.807) is 13.8 Å². The molecule has 0 radical (unpaired) electrons. The first-order chi connectivity index (χ1) is 13.3. The third kappa shape index (κ3) is 13.3. The summed E-state index contributed by atoms with van der Waals surface area (Å²) in [6.07, 6.45) is -0.836. The highest BCUT2D eigenvalue weighted by molar-refractivity contribution is 5.87. The van der Waals surface area contributed by atoms with Crippen LogP contribution in [0.5, 0.6) is 0 Å². The van der Waals surface area contributed by atoms with Crippen LogP contribution in [0.4, 0.5) is 0 Å². The molecule has 8 heteroatoms. The largest absolute Gasteiger partial charge is 0.460 e. The van der Waals surface area contributed by atoms with Crippen molar-refractivity contribution in [1.29, 1.82) is 0 Å². The molecule has 0 heterocycles. The molecule has 0 saturated heterocycles. The Morgan fingerprint density at radius 3 is 1.93 bits per heavy atom. The molecule has 160 valence electrons. The number of hydrogen-bond acceptors (Lipinski definition) is 8. The lowest BCUT2D eigenvalue weighted by Gasteiger charge is -2.18. The minimum Gasteiger partial charge on any atom is -0.460 e. The highest BCUT2D eigenvalue weighted by atomic mass is 16.6. The summed E-state index contributed by atoms with van der Waals surface area (Å²) in [6.45, 7) is 17.4. The van der Waals surface area contributed by atoms with Crippen molar-refractivity contribution in [2.45, 2.75) is 39.9 Å². The van der Waals surface area contributed by atoms with Crippen molar-refractivity contribution < 1.29 is 38.0 Å². The molecule has 0 aliphatic heterocycles. The van der Waals surface area contributed by atoms with Crippen LogP contribution in [0.25, 0.3) is 0 Å². The summed E-state index contributed by atoms with van der Waals surface area (Å²) in [4.78, 5) is 22.7. The molecule has 0 aliphatic rings. The number of ether oxygens (including phenoxy) is 6. The number of esters is 2. The number of rotatable bonds is 17. The molecular weight excluding hydrogens is 368 g/mol. The lowest BCUT2D eigenvalue weighted by Crippen LogP contribution is -2.33. The van der Waals surface area contributed by atoms with Gasteiger partial charge in [-0.2, -0.15) is 4.74 Å². The standard InChI is InChI=1S/C20H33O8/c1-7-23-8-10-25-17(6)18(26-12-13-28-20(22)16(4)5)14-24-9-11-27-19(21)15(2)3/h14,17-18H,2,4,7-13H2,1,3,5-6H3/q+1. The molecule has 0 bridgehead atoms. The van der Waals surface area contributed by atoms with Crippen LogP contribution >= 0.6 is 0 Å². The van der Waals surface area contributed by atoms with Crippen molar-refractivity contribution in [2.24, 2.45) is 0 Å². The molecule has 0 fully saturated rings. The van der Waals surface area contributed by atoms with Crippen LogP contribution in [0.2, 0.25) is 0 Å². The summed E-state index contributed by atoms with van der Waals surface area (Å²) in [5.74, 6) is -0.941. The molecule has 0 rings (SSSR count). The van der Waals surface area contributed by atoms with E-state index >= 15 is 0 Å². The molecule has 0 aliphatic carbocycles. The Balaban J connectivity index is 4.30. The summed E-state index contributed by atoms with van der Waals surface area (Å²) in [7, 11) is 0. The zero-order valence-electron chi connectivity index (χ0n) is 17.4. The van der Waals surface area contributed by atoms with Crippen molar-refractivity contribution in [2.75, 3.05) is 46.2 Å². The van der Waals surface area contributed by atoms with E-state index in [2.05, 4.69) is 13.2 Å². The zero-order valence-corrected chi connectivity index (χ0v) is 17.4. The minimum absolute atomic E-state index is 0.0813. The maximum atomic E-state index is 11.4. The van der Waals surface area contributed by atoms with Crippen LogP contribution in [0.15, 0.2) is 24.3 Å². The lowest BCUT2D eigenvalue weighted by atomic mass is 10.2. The molecule has 2 atom stereocenters. The first-order valence-electron chi connectivity index (χ1n) is 9.20. The van der Waals surface area contributed by atoms with Crippen molar-refractivity contribution in [3.63, 3.8) is 0 Å². The highest BCUT2D eigenvalue weighted by Gasteiger charge is 2.28. The fraction of sp³-hybridized carbons (Fsp3) is 0.650. The fourth-order valence-corrected chi connectivity index (χ4v) is 1.73. The minimum atomic E-state index is -0.512. The predicted molar refractivity (Wildman–Crippen MR) is 103 cm³/mol. The summed E-state index contributed by atoms with van der Waals surface area (Å²) >= 11 is 0. The van der Waals surface area contributed by atoms with Gasteiger partial charge in [0.1, 0.15) is 25.9 Å². The summed E-state index contributed by atoms with van der Waals surface area (Å²) in [5, 5.41) is 0. The van der Waals surface area contributed by atoms with Gasteiger partial charge in [-0.15, -0.1) is 0 Å². The van der Waals surface area contributed by atoms with E-state index in [-0.39, 0.29) is 32.5 Å². The van der Waals surface area contributed by atoms with E-state index in [0.717, 1.165) is 0 Å². The Bertz CT molecular complexity index is 489. The Labute approximate surface area is 167 Å². The molecule has 8 nitrogen and oxygen atoms in total. The number of carbonyl (C=O) groups is 2. The second kappa shape index (κ2) is 16.1. The molecule has 0 aromatic heterocycles. The van der Waals surface area contributed by atoms with Gasteiger partial charge in [-0.3, -0.25) is 0 Å². The first-order valence-corrected chi connectivity index (χ1v) is 9.20. The van der Waals surface area contributed by atoms with Crippen LogP contribution in [-0.4, -0.2) is 70.4 Å². The average molecular weight is 401 g/mol. The normalized spacial score (nSPS) is 12.7. The number of hydrogen-bond donors (Lipinski definition) is 0. The van der Waals surface area contributed by atoms with E-state index in [4.69, 9.17) is 28.4 Å². The van der Waals surface area contributed by atoms with Gasteiger partial charge in [0.05, 0.1) is 19.8 Å². The maximum Gasteiger partial charge on any atom is 0.333 e. The second-order valence-electron chi connectivity index (χ2n) is 5.95. The fourth-order valence-electron chi connectivity index (χ4n) is 1.73. The van der Waals surface area contributed by atoms with Crippen LogP contribution in [-0.2, 0) is 38.0 Å². The molecule has 0 aromatic rings. The lowest BCUT2D eigenvalue weighted by molar-refractivity contribution is -0.144. The van der Waals surface area contributed by atoms with Crippen LogP contribution in [0, 0.1) is 6.61 Å². The Morgan fingerprint density at radius 2 is 1.39 bits per heavy atom. The smallest absolute Gasteiger partial charge is 0.333 e. The second-order valence-corrected chi connectivity index (χ2v) is 5.95. The van der Waals surface area contributed by atoms with Crippen molar-refractivity contribution in [1.82, 2.24) is 0 Å². The topological polar surface area (TPSA) is 89.5 Å². The van der Waals surface area contributed by atoms with Gasteiger partial charge in [-0.1, -0.05) is 13.2 Å². The SMILES string of the molecule is C=C(C)C(=O)OCCO[CH+]C(OCCOC(=O)C(=C)C)C(C)OCCOCC. The van der Waals surface area contributed by atoms with Gasteiger partial charge >= 0.3 is 11.9 Å². The molecule has 0 amide bonds. The van der Waals surface area contributed by atoms with E-state index in [1.807, 2.05) is 13.8 Å². The van der Waals surface area contributed by atoms with Gasteiger partial charge in [0.15, 0.2) is 0 Å². The Hall–Kier alpha value is -1.87. The predicted octanol–water partition coefficient (Wildman–Crippen LogP) is 2.23. The Morgan fingerprint density at radius 1 is 0.857 bits per heavy atom. The van der Waals surface area contributed by atoms with Gasteiger partial charge in [0.2, 0.25) is 0 Å². The monoisotopic (exact) mass is 401 g/mol. The van der Waals surface area contributed by atoms with Crippen molar-refractivity contribution in [3.8, 4) is 0 Å². The van der Waals surface area contributed by atoms with Gasteiger partial charge in [0, 0.05) is 17.8 Å². The summed E-state index contributed by atoms with van der Waals surface area (Å²) in [5.41, 5.74) is 0.647. The van der Waals surface area contributed by atoms with Gasteiger partial charge in [-0.25, -0.2) is 9.59 Å². The average Bonchev–Trinajstić information content (AvgIpc) is 2.65. The molecule has 28 heavy (non-hydrogen) atoms. The molecule has 0 saturated carbocycles. The summed E-state index contributed by atoms with van der Waals surface area (Å²) in [6, 6.07) is 0. The molecule has 0 aromatic carbocycles. The van der Waals surface area contributed by atoms with E-state index < -0.39 is 18.0 Å². The highest BCUT2D eigenvalue weighted by Crippen LogP contribution is 2.09.